The van der Waals surface area contributed by atoms with Gasteiger partial charge in [-0.25, -0.2) is 4.79 Å². The van der Waals surface area contributed by atoms with Crippen molar-refractivity contribution in [3.8, 4) is 11.5 Å². The van der Waals surface area contributed by atoms with Gasteiger partial charge in [0.2, 0.25) is 0 Å². The summed E-state index contributed by atoms with van der Waals surface area (Å²) < 4.78 is 11.6. The Hall–Kier alpha value is -4.03. The molecule has 1 aliphatic heterocycles. The van der Waals surface area contributed by atoms with Gasteiger partial charge in [-0.3, -0.25) is 0 Å². The summed E-state index contributed by atoms with van der Waals surface area (Å²) in [4.78, 5) is 13.0. The minimum Gasteiger partial charge on any atom is -0.485 e. The molecule has 35 heavy (non-hydrogen) atoms. The lowest BCUT2D eigenvalue weighted by atomic mass is 9.99. The highest BCUT2D eigenvalue weighted by Gasteiger charge is 2.27. The number of hydrogen-bond donors (Lipinski definition) is 2. The van der Waals surface area contributed by atoms with Gasteiger partial charge in [-0.2, -0.15) is 0 Å². The Balaban J connectivity index is 1.32. The maximum absolute atomic E-state index is 10.8. The predicted octanol–water partition coefficient (Wildman–Crippen LogP) is 5.55. The van der Waals surface area contributed by atoms with Gasteiger partial charge in [-0.15, -0.1) is 0 Å². The van der Waals surface area contributed by atoms with Crippen molar-refractivity contribution in [2.45, 2.75) is 19.1 Å². The number of carboxylic acid groups (broad SMARTS) is 1. The number of para-hydroxylation sites is 2. The van der Waals surface area contributed by atoms with Gasteiger partial charge >= 0.3 is 5.97 Å². The van der Waals surface area contributed by atoms with E-state index in [0.29, 0.717) is 18.8 Å². The minimum atomic E-state index is -0.996. The molecule has 4 aromatic rings. The summed E-state index contributed by atoms with van der Waals surface area (Å²) in [5, 5.41) is 15.0. The molecule has 1 aliphatic rings. The maximum atomic E-state index is 10.8. The molecule has 178 valence electrons. The first-order valence-corrected chi connectivity index (χ1v) is 11.8. The fraction of sp³-hybridized carbons (Fsp3) is 0.207. The molecule has 0 fully saturated rings. The van der Waals surface area contributed by atoms with E-state index in [1.165, 1.54) is 16.3 Å². The second-order valence-electron chi connectivity index (χ2n) is 8.69. The second-order valence-corrected chi connectivity index (χ2v) is 8.69. The van der Waals surface area contributed by atoms with E-state index in [9.17, 15) is 4.79 Å². The van der Waals surface area contributed by atoms with Gasteiger partial charge in [0.25, 0.3) is 0 Å². The molecule has 2 atom stereocenters. The van der Waals surface area contributed by atoms with Crippen LogP contribution in [-0.4, -0.2) is 36.9 Å². The number of benzene rings is 4. The van der Waals surface area contributed by atoms with Crippen LogP contribution in [0.1, 0.15) is 18.5 Å². The molecule has 1 heterocycles. The Labute approximate surface area is 204 Å². The van der Waals surface area contributed by atoms with Gasteiger partial charge in [0.05, 0.1) is 12.2 Å². The van der Waals surface area contributed by atoms with Crippen molar-refractivity contribution in [1.82, 2.24) is 5.32 Å². The Morgan fingerprint density at radius 3 is 2.60 bits per heavy atom. The van der Waals surface area contributed by atoms with E-state index in [1.54, 1.807) is 12.1 Å². The molecule has 0 spiro atoms. The molecule has 0 aromatic heterocycles. The summed E-state index contributed by atoms with van der Waals surface area (Å²) in [5.74, 6) is 0.374. The SMILES string of the molecule is C[C@@H](NCC1CN(c2ccc(OCC(=O)O)cc2)c2ccccc2O1)c1cccc2ccccc12. The summed E-state index contributed by atoms with van der Waals surface area (Å²) in [6.45, 7) is 3.20. The highest BCUT2D eigenvalue weighted by atomic mass is 16.5. The molecule has 6 heteroatoms. The number of carboxylic acids is 1. The summed E-state index contributed by atoms with van der Waals surface area (Å²) in [6, 6.07) is 30.6. The van der Waals surface area contributed by atoms with E-state index < -0.39 is 5.97 Å². The van der Waals surface area contributed by atoms with Crippen LogP contribution in [0.2, 0.25) is 0 Å². The zero-order valence-corrected chi connectivity index (χ0v) is 19.6. The van der Waals surface area contributed by atoms with E-state index >= 15 is 0 Å². The minimum absolute atomic E-state index is 0.0507. The number of aliphatic carboxylic acids is 1. The van der Waals surface area contributed by atoms with Crippen LogP contribution >= 0.6 is 0 Å². The van der Waals surface area contributed by atoms with Crippen molar-refractivity contribution in [3.63, 3.8) is 0 Å². The third-order valence-corrected chi connectivity index (χ3v) is 6.29. The number of nitrogens with one attached hydrogen (secondary N) is 1. The van der Waals surface area contributed by atoms with Crippen molar-refractivity contribution in [2.75, 3.05) is 24.6 Å². The largest absolute Gasteiger partial charge is 0.485 e. The number of hydrogen-bond acceptors (Lipinski definition) is 5. The van der Waals surface area contributed by atoms with Crippen LogP contribution in [0.25, 0.3) is 10.8 Å². The maximum Gasteiger partial charge on any atom is 0.341 e. The monoisotopic (exact) mass is 468 g/mol. The Kier molecular flexibility index (Phi) is 6.55. The normalized spacial score (nSPS) is 15.8. The van der Waals surface area contributed by atoms with Crippen LogP contribution in [0.4, 0.5) is 11.4 Å². The Morgan fingerprint density at radius 1 is 1.03 bits per heavy atom. The molecule has 0 bridgehead atoms. The average Bonchev–Trinajstić information content (AvgIpc) is 2.90. The molecular weight excluding hydrogens is 440 g/mol. The van der Waals surface area contributed by atoms with Gasteiger partial charge < -0.3 is 24.8 Å². The molecule has 0 radical (unpaired) electrons. The average molecular weight is 469 g/mol. The number of carbonyl (C=O) groups is 1. The number of anilines is 2. The van der Waals surface area contributed by atoms with E-state index in [1.807, 2.05) is 36.4 Å². The highest BCUT2D eigenvalue weighted by molar-refractivity contribution is 5.86. The third-order valence-electron chi connectivity index (χ3n) is 6.29. The van der Waals surface area contributed by atoms with Crippen LogP contribution in [-0.2, 0) is 4.79 Å². The van der Waals surface area contributed by atoms with E-state index in [4.69, 9.17) is 14.6 Å². The van der Waals surface area contributed by atoms with Crippen molar-refractivity contribution in [1.29, 1.82) is 0 Å². The lowest BCUT2D eigenvalue weighted by Gasteiger charge is -2.37. The molecular formula is C29H28N2O4. The van der Waals surface area contributed by atoms with E-state index in [2.05, 4.69) is 59.6 Å². The van der Waals surface area contributed by atoms with Crippen molar-refractivity contribution >= 4 is 28.1 Å². The molecule has 0 saturated carbocycles. The van der Waals surface area contributed by atoms with Gasteiger partial charge in [0, 0.05) is 18.3 Å². The first-order valence-electron chi connectivity index (χ1n) is 11.8. The molecule has 4 aromatic carbocycles. The summed E-state index contributed by atoms with van der Waals surface area (Å²) in [7, 11) is 0. The van der Waals surface area contributed by atoms with Gasteiger partial charge in [-0.05, 0) is 59.7 Å². The van der Waals surface area contributed by atoms with E-state index in [-0.39, 0.29) is 18.8 Å². The fourth-order valence-corrected chi connectivity index (χ4v) is 4.56. The third kappa shape index (κ3) is 5.08. The van der Waals surface area contributed by atoms with Crippen molar-refractivity contribution in [2.24, 2.45) is 0 Å². The van der Waals surface area contributed by atoms with E-state index in [0.717, 1.165) is 17.1 Å². The fourth-order valence-electron chi connectivity index (χ4n) is 4.56. The molecule has 0 saturated heterocycles. The Morgan fingerprint density at radius 2 is 1.77 bits per heavy atom. The molecule has 2 N–H and O–H groups in total. The molecule has 1 unspecified atom stereocenters. The number of ether oxygens (including phenoxy) is 2. The van der Waals surface area contributed by atoms with Gasteiger partial charge in [0.1, 0.15) is 17.6 Å². The van der Waals surface area contributed by atoms with Crippen LogP contribution in [0.3, 0.4) is 0 Å². The zero-order valence-electron chi connectivity index (χ0n) is 19.6. The number of nitrogens with zero attached hydrogens (tertiary/aromatic N) is 1. The molecule has 0 amide bonds. The molecule has 6 nitrogen and oxygen atoms in total. The van der Waals surface area contributed by atoms with Crippen LogP contribution in [0.5, 0.6) is 11.5 Å². The highest BCUT2D eigenvalue weighted by Crippen LogP contribution is 2.38. The molecule has 5 rings (SSSR count). The molecule has 0 aliphatic carbocycles. The lowest BCUT2D eigenvalue weighted by Crippen LogP contribution is -2.44. The smallest absolute Gasteiger partial charge is 0.341 e. The zero-order chi connectivity index (χ0) is 24.2. The van der Waals surface area contributed by atoms with Crippen molar-refractivity contribution < 1.29 is 19.4 Å². The second kappa shape index (κ2) is 10.1. The van der Waals surface area contributed by atoms with Gasteiger partial charge in [0.15, 0.2) is 6.61 Å². The first kappa shape index (κ1) is 22.7. The number of fused-ring (bicyclic) bond motifs is 2. The van der Waals surface area contributed by atoms with Crippen molar-refractivity contribution in [3.05, 3.63) is 96.6 Å². The topological polar surface area (TPSA) is 71.0 Å². The van der Waals surface area contributed by atoms with Crippen LogP contribution in [0, 0.1) is 0 Å². The first-order chi connectivity index (χ1) is 17.1. The summed E-state index contributed by atoms with van der Waals surface area (Å²) >= 11 is 0. The summed E-state index contributed by atoms with van der Waals surface area (Å²) in [6.07, 6.45) is -0.0507. The quantitative estimate of drug-likeness (QED) is 0.353. The van der Waals surface area contributed by atoms with Gasteiger partial charge in [-0.1, -0.05) is 54.6 Å². The lowest BCUT2D eigenvalue weighted by molar-refractivity contribution is -0.139. The van der Waals surface area contributed by atoms with Crippen LogP contribution < -0.4 is 19.7 Å². The van der Waals surface area contributed by atoms with Crippen LogP contribution in [0.15, 0.2) is 91.0 Å². The summed E-state index contributed by atoms with van der Waals surface area (Å²) in [5.41, 5.74) is 3.27. The standard InChI is InChI=1S/C29H28N2O4/c1-20(25-10-6-8-21-7-2-3-9-26(21)25)30-17-24-18-31(27-11-4-5-12-28(27)35-24)22-13-15-23(16-14-22)34-19-29(32)33/h2-16,20,24,30H,17-19H2,1H3,(H,32,33)/t20-,24?/m1/s1. The predicted molar refractivity (Wildman–Crippen MR) is 138 cm³/mol. The number of rotatable bonds is 8. The Bertz CT molecular complexity index is 1320.